The van der Waals surface area contributed by atoms with Gasteiger partial charge in [0.1, 0.15) is 0 Å². The summed E-state index contributed by atoms with van der Waals surface area (Å²) < 4.78 is 0.918. The normalized spacial score (nSPS) is 20.4. The predicted octanol–water partition coefficient (Wildman–Crippen LogP) is 2.46. The molecule has 1 aromatic carbocycles. The molecule has 2 rings (SSSR count). The van der Waals surface area contributed by atoms with Crippen molar-refractivity contribution in [2.24, 2.45) is 0 Å². The number of nitrogens with one attached hydrogen (secondary N) is 2. The van der Waals surface area contributed by atoms with Crippen molar-refractivity contribution in [2.75, 3.05) is 6.54 Å². The molecular weight excluding hydrogens is 267 g/mol. The molecule has 0 saturated carbocycles. The standard InChI is InChI=1S/C9H8BrClN2O/c10-6-1-5(2-7(11)3-6)8-4-12-9(14)13-8/h1-3,8H,4H2,(H2,12,13,14). The van der Waals surface area contributed by atoms with Crippen LogP contribution < -0.4 is 10.6 Å². The Hall–Kier alpha value is -0.740. The van der Waals surface area contributed by atoms with E-state index < -0.39 is 0 Å². The van der Waals surface area contributed by atoms with E-state index in [9.17, 15) is 4.79 Å². The Morgan fingerprint density at radius 1 is 1.43 bits per heavy atom. The maximum atomic E-state index is 10.9. The topological polar surface area (TPSA) is 41.1 Å². The van der Waals surface area contributed by atoms with Crippen LogP contribution >= 0.6 is 27.5 Å². The molecule has 0 spiro atoms. The van der Waals surface area contributed by atoms with Gasteiger partial charge in [0.15, 0.2) is 0 Å². The molecule has 1 aliphatic rings. The lowest BCUT2D eigenvalue weighted by molar-refractivity contribution is 0.247. The van der Waals surface area contributed by atoms with Crippen molar-refractivity contribution in [1.82, 2.24) is 10.6 Å². The summed E-state index contributed by atoms with van der Waals surface area (Å²) in [6.45, 7) is 0.603. The smallest absolute Gasteiger partial charge is 0.315 e. The van der Waals surface area contributed by atoms with Gasteiger partial charge in [-0.1, -0.05) is 27.5 Å². The number of hydrogen-bond donors (Lipinski definition) is 2. The number of hydrogen-bond acceptors (Lipinski definition) is 1. The molecule has 1 fully saturated rings. The van der Waals surface area contributed by atoms with E-state index in [1.807, 2.05) is 18.2 Å². The quantitative estimate of drug-likeness (QED) is 0.812. The third kappa shape index (κ3) is 2.01. The van der Waals surface area contributed by atoms with Gasteiger partial charge in [0.05, 0.1) is 6.04 Å². The van der Waals surface area contributed by atoms with Gasteiger partial charge >= 0.3 is 6.03 Å². The molecule has 1 aromatic rings. The fourth-order valence-electron chi connectivity index (χ4n) is 1.43. The fraction of sp³-hybridized carbons (Fsp3) is 0.222. The predicted molar refractivity (Wildman–Crippen MR) is 58.4 cm³/mol. The average molecular weight is 276 g/mol. The van der Waals surface area contributed by atoms with Crippen LogP contribution in [0.4, 0.5) is 4.79 Å². The number of halogens is 2. The lowest BCUT2D eigenvalue weighted by Crippen LogP contribution is -2.21. The zero-order valence-electron chi connectivity index (χ0n) is 7.18. The van der Waals surface area contributed by atoms with Gasteiger partial charge < -0.3 is 10.6 Å². The third-order valence-corrected chi connectivity index (χ3v) is 2.74. The van der Waals surface area contributed by atoms with E-state index in [0.717, 1.165) is 10.0 Å². The number of carbonyl (C=O) groups is 1. The summed E-state index contributed by atoms with van der Waals surface area (Å²) in [6.07, 6.45) is 0. The van der Waals surface area contributed by atoms with Crippen LogP contribution in [0.2, 0.25) is 5.02 Å². The van der Waals surface area contributed by atoms with Crippen molar-refractivity contribution in [3.05, 3.63) is 33.3 Å². The molecule has 1 saturated heterocycles. The summed E-state index contributed by atoms with van der Waals surface area (Å²) in [6, 6.07) is 5.49. The molecular formula is C9H8BrClN2O. The van der Waals surface area contributed by atoms with Gasteiger partial charge in [-0.2, -0.15) is 0 Å². The molecule has 1 heterocycles. The third-order valence-electron chi connectivity index (χ3n) is 2.06. The lowest BCUT2D eigenvalue weighted by atomic mass is 10.1. The van der Waals surface area contributed by atoms with Crippen molar-refractivity contribution in [2.45, 2.75) is 6.04 Å². The number of benzene rings is 1. The zero-order valence-corrected chi connectivity index (χ0v) is 9.52. The van der Waals surface area contributed by atoms with E-state index in [-0.39, 0.29) is 12.1 Å². The number of urea groups is 1. The van der Waals surface area contributed by atoms with Crippen molar-refractivity contribution >= 4 is 33.6 Å². The average Bonchev–Trinajstić information content (AvgIpc) is 2.50. The van der Waals surface area contributed by atoms with Crippen LogP contribution in [0, 0.1) is 0 Å². The first-order chi connectivity index (χ1) is 6.65. The largest absolute Gasteiger partial charge is 0.336 e. The van der Waals surface area contributed by atoms with E-state index in [0.29, 0.717) is 11.6 Å². The first-order valence-electron chi connectivity index (χ1n) is 4.15. The Labute approximate surface area is 95.0 Å². The Morgan fingerprint density at radius 2 is 2.21 bits per heavy atom. The van der Waals surface area contributed by atoms with Gasteiger partial charge in [-0.15, -0.1) is 0 Å². The number of amides is 2. The van der Waals surface area contributed by atoms with Crippen LogP contribution in [0.25, 0.3) is 0 Å². The lowest BCUT2D eigenvalue weighted by Gasteiger charge is -2.09. The minimum absolute atomic E-state index is 0.0116. The van der Waals surface area contributed by atoms with Gasteiger partial charge in [-0.25, -0.2) is 4.79 Å². The van der Waals surface area contributed by atoms with E-state index in [4.69, 9.17) is 11.6 Å². The summed E-state index contributed by atoms with van der Waals surface area (Å²) in [7, 11) is 0. The summed E-state index contributed by atoms with van der Waals surface area (Å²) in [5, 5.41) is 6.16. The summed E-state index contributed by atoms with van der Waals surface area (Å²) in [4.78, 5) is 10.9. The van der Waals surface area contributed by atoms with Crippen LogP contribution in [0.1, 0.15) is 11.6 Å². The highest BCUT2D eigenvalue weighted by molar-refractivity contribution is 9.10. The molecule has 1 unspecified atom stereocenters. The molecule has 1 atom stereocenters. The molecule has 14 heavy (non-hydrogen) atoms. The van der Waals surface area contributed by atoms with E-state index in [2.05, 4.69) is 26.6 Å². The molecule has 0 radical (unpaired) electrons. The molecule has 0 aromatic heterocycles. The second-order valence-corrected chi connectivity index (χ2v) is 4.46. The van der Waals surface area contributed by atoms with Gasteiger partial charge in [-0.3, -0.25) is 0 Å². The van der Waals surface area contributed by atoms with Crippen molar-refractivity contribution < 1.29 is 4.79 Å². The molecule has 3 nitrogen and oxygen atoms in total. The SMILES string of the molecule is O=C1NCC(c2cc(Cl)cc(Br)c2)N1. The van der Waals surface area contributed by atoms with E-state index >= 15 is 0 Å². The number of carbonyl (C=O) groups excluding carboxylic acids is 1. The van der Waals surface area contributed by atoms with Gasteiger partial charge in [0.2, 0.25) is 0 Å². The Kier molecular flexibility index (Phi) is 2.65. The van der Waals surface area contributed by atoms with E-state index in [1.54, 1.807) is 0 Å². The molecule has 1 aliphatic heterocycles. The zero-order chi connectivity index (χ0) is 10.1. The first-order valence-corrected chi connectivity index (χ1v) is 5.32. The fourth-order valence-corrected chi connectivity index (χ4v) is 2.32. The molecule has 0 aliphatic carbocycles. The minimum atomic E-state index is -0.133. The first kappa shape index (κ1) is 9.80. The van der Waals surface area contributed by atoms with Crippen molar-refractivity contribution in [3.8, 4) is 0 Å². The second-order valence-electron chi connectivity index (χ2n) is 3.11. The molecule has 0 bridgehead atoms. The Morgan fingerprint density at radius 3 is 2.79 bits per heavy atom. The highest BCUT2D eigenvalue weighted by Gasteiger charge is 2.21. The molecule has 5 heteroatoms. The summed E-state index contributed by atoms with van der Waals surface area (Å²) >= 11 is 9.26. The van der Waals surface area contributed by atoms with Gasteiger partial charge in [0.25, 0.3) is 0 Å². The van der Waals surface area contributed by atoms with Crippen molar-refractivity contribution in [3.63, 3.8) is 0 Å². The monoisotopic (exact) mass is 274 g/mol. The molecule has 74 valence electrons. The highest BCUT2D eigenvalue weighted by Crippen LogP contribution is 2.24. The summed E-state index contributed by atoms with van der Waals surface area (Å²) in [5.74, 6) is 0. The number of rotatable bonds is 1. The second kappa shape index (κ2) is 3.79. The minimum Gasteiger partial charge on any atom is -0.336 e. The van der Waals surface area contributed by atoms with Gasteiger partial charge in [0, 0.05) is 16.0 Å². The van der Waals surface area contributed by atoms with Crippen LogP contribution in [0.3, 0.4) is 0 Å². The Balaban J connectivity index is 2.27. The van der Waals surface area contributed by atoms with Crippen LogP contribution in [-0.2, 0) is 0 Å². The maximum Gasteiger partial charge on any atom is 0.315 e. The summed E-state index contributed by atoms with van der Waals surface area (Å²) in [5.41, 5.74) is 1.00. The highest BCUT2D eigenvalue weighted by atomic mass is 79.9. The maximum absolute atomic E-state index is 10.9. The van der Waals surface area contributed by atoms with Crippen molar-refractivity contribution in [1.29, 1.82) is 0 Å². The van der Waals surface area contributed by atoms with Crippen LogP contribution in [-0.4, -0.2) is 12.6 Å². The molecule has 2 amide bonds. The van der Waals surface area contributed by atoms with Gasteiger partial charge in [-0.05, 0) is 23.8 Å². The van der Waals surface area contributed by atoms with Crippen LogP contribution in [0.5, 0.6) is 0 Å². The molecule has 2 N–H and O–H groups in total. The van der Waals surface area contributed by atoms with Crippen LogP contribution in [0.15, 0.2) is 22.7 Å². The van der Waals surface area contributed by atoms with E-state index in [1.165, 1.54) is 0 Å². The Bertz CT molecular complexity index is 363.